The number of carbonyl (C=O) groups is 1. The summed E-state index contributed by atoms with van der Waals surface area (Å²) >= 11 is 0. The van der Waals surface area contributed by atoms with Crippen molar-refractivity contribution in [3.8, 4) is 0 Å². The van der Waals surface area contributed by atoms with Crippen LogP contribution in [0.1, 0.15) is 12.8 Å². The largest absolute Gasteiger partial charge is 0.481 e. The average molecular weight is 232 g/mol. The molecule has 5 heteroatoms. The predicted molar refractivity (Wildman–Crippen MR) is 62.9 cm³/mol. The first kappa shape index (κ1) is 11.3. The first-order valence-corrected chi connectivity index (χ1v) is 5.35. The Hall–Kier alpha value is -2.17. The summed E-state index contributed by atoms with van der Waals surface area (Å²) < 4.78 is 1.56. The van der Waals surface area contributed by atoms with E-state index in [9.17, 15) is 9.59 Å². The minimum Gasteiger partial charge on any atom is -0.481 e. The molecule has 0 aromatic carbocycles. The van der Waals surface area contributed by atoms with E-state index in [0.717, 1.165) is 11.0 Å². The Labute approximate surface area is 97.3 Å². The van der Waals surface area contributed by atoms with Crippen molar-refractivity contribution in [1.29, 1.82) is 0 Å². The monoisotopic (exact) mass is 232 g/mol. The summed E-state index contributed by atoms with van der Waals surface area (Å²) in [6, 6.07) is 6.70. The zero-order chi connectivity index (χ0) is 12.3. The molecule has 1 N–H and O–H groups in total. The molecular formula is C12H12N2O3. The second kappa shape index (κ2) is 4.78. The quantitative estimate of drug-likeness (QED) is 0.861. The number of fused-ring (bicyclic) bond motifs is 1. The number of aryl methyl sites for hydroxylation is 1. The van der Waals surface area contributed by atoms with E-state index in [-0.39, 0.29) is 12.0 Å². The number of rotatable bonds is 4. The van der Waals surface area contributed by atoms with Crippen LogP contribution in [0, 0.1) is 0 Å². The van der Waals surface area contributed by atoms with Crippen molar-refractivity contribution < 1.29 is 9.90 Å². The van der Waals surface area contributed by atoms with E-state index in [4.69, 9.17) is 5.11 Å². The summed E-state index contributed by atoms with van der Waals surface area (Å²) in [5, 5.41) is 8.57. The molecule has 88 valence electrons. The molecule has 17 heavy (non-hydrogen) atoms. The number of aliphatic carboxylic acids is 1. The van der Waals surface area contributed by atoms with Crippen LogP contribution in [0.2, 0.25) is 0 Å². The van der Waals surface area contributed by atoms with Gasteiger partial charge in [0.2, 0.25) is 0 Å². The van der Waals surface area contributed by atoms with Crippen LogP contribution in [0.5, 0.6) is 0 Å². The Kier molecular flexibility index (Phi) is 3.18. The van der Waals surface area contributed by atoms with E-state index in [1.165, 1.54) is 6.07 Å². The van der Waals surface area contributed by atoms with Crippen molar-refractivity contribution in [2.75, 3.05) is 0 Å². The van der Waals surface area contributed by atoms with Gasteiger partial charge in [-0.15, -0.1) is 0 Å². The molecule has 2 rings (SSSR count). The second-order valence-electron chi connectivity index (χ2n) is 3.73. The molecule has 0 fully saturated rings. The van der Waals surface area contributed by atoms with Crippen LogP contribution >= 0.6 is 0 Å². The van der Waals surface area contributed by atoms with E-state index in [2.05, 4.69) is 4.98 Å². The van der Waals surface area contributed by atoms with Gasteiger partial charge >= 0.3 is 5.97 Å². The maximum Gasteiger partial charge on any atom is 0.303 e. The van der Waals surface area contributed by atoms with Gasteiger partial charge < -0.3 is 9.67 Å². The van der Waals surface area contributed by atoms with Crippen molar-refractivity contribution in [2.45, 2.75) is 19.4 Å². The second-order valence-corrected chi connectivity index (χ2v) is 3.73. The van der Waals surface area contributed by atoms with Crippen LogP contribution in [-0.4, -0.2) is 20.6 Å². The number of hydrogen-bond acceptors (Lipinski definition) is 3. The van der Waals surface area contributed by atoms with Crippen molar-refractivity contribution in [3.63, 3.8) is 0 Å². The highest BCUT2D eigenvalue weighted by Gasteiger charge is 2.04. The SMILES string of the molecule is O=C(O)CCCn1c(=O)ccc2ncccc21. The Morgan fingerprint density at radius 2 is 2.18 bits per heavy atom. The van der Waals surface area contributed by atoms with Gasteiger partial charge in [0.05, 0.1) is 11.0 Å². The molecule has 0 saturated carbocycles. The number of aromatic nitrogens is 2. The molecule has 0 aliphatic carbocycles. The van der Waals surface area contributed by atoms with E-state index >= 15 is 0 Å². The van der Waals surface area contributed by atoms with Gasteiger partial charge in [0.1, 0.15) is 0 Å². The van der Waals surface area contributed by atoms with Crippen LogP contribution in [0.3, 0.4) is 0 Å². The maximum absolute atomic E-state index is 11.7. The normalized spacial score (nSPS) is 10.6. The maximum atomic E-state index is 11.7. The van der Waals surface area contributed by atoms with Crippen LogP contribution in [0.4, 0.5) is 0 Å². The van der Waals surface area contributed by atoms with Crippen LogP contribution in [-0.2, 0) is 11.3 Å². The van der Waals surface area contributed by atoms with Gasteiger partial charge in [0, 0.05) is 25.2 Å². The standard InChI is InChI=1S/C12H12N2O3/c15-11-6-5-9-10(3-1-7-13-9)14(11)8-2-4-12(16)17/h1,3,5-7H,2,4,8H2,(H,16,17). The zero-order valence-corrected chi connectivity index (χ0v) is 9.17. The number of hydrogen-bond donors (Lipinski definition) is 1. The molecule has 0 amide bonds. The highest BCUT2D eigenvalue weighted by atomic mass is 16.4. The van der Waals surface area contributed by atoms with Gasteiger partial charge in [-0.2, -0.15) is 0 Å². The Morgan fingerprint density at radius 1 is 1.35 bits per heavy atom. The molecule has 0 spiro atoms. The lowest BCUT2D eigenvalue weighted by Crippen LogP contribution is -2.20. The summed E-state index contributed by atoms with van der Waals surface area (Å²) in [5.41, 5.74) is 1.35. The minimum atomic E-state index is -0.851. The van der Waals surface area contributed by atoms with Crippen molar-refractivity contribution >= 4 is 17.0 Å². The minimum absolute atomic E-state index is 0.0586. The Morgan fingerprint density at radius 3 is 2.94 bits per heavy atom. The molecule has 0 atom stereocenters. The number of nitrogens with zero attached hydrogens (tertiary/aromatic N) is 2. The molecule has 0 aliphatic heterocycles. The van der Waals surface area contributed by atoms with Crippen LogP contribution in [0.25, 0.3) is 11.0 Å². The van der Waals surface area contributed by atoms with Gasteiger partial charge in [-0.1, -0.05) is 0 Å². The molecule has 5 nitrogen and oxygen atoms in total. The Balaban J connectivity index is 2.34. The predicted octanol–water partition coefficient (Wildman–Crippen LogP) is 1.26. The van der Waals surface area contributed by atoms with Gasteiger partial charge in [-0.25, -0.2) is 0 Å². The number of carboxylic acids is 1. The highest BCUT2D eigenvalue weighted by molar-refractivity contribution is 5.74. The lowest BCUT2D eigenvalue weighted by Gasteiger charge is -2.08. The fraction of sp³-hybridized carbons (Fsp3) is 0.250. The fourth-order valence-corrected chi connectivity index (χ4v) is 1.74. The third kappa shape index (κ3) is 2.50. The van der Waals surface area contributed by atoms with E-state index in [1.807, 2.05) is 6.07 Å². The summed E-state index contributed by atoms with van der Waals surface area (Å²) in [6.07, 6.45) is 2.15. The van der Waals surface area contributed by atoms with Crippen molar-refractivity contribution in [3.05, 3.63) is 40.8 Å². The van der Waals surface area contributed by atoms with Crippen molar-refractivity contribution in [2.24, 2.45) is 0 Å². The Bertz CT molecular complexity index is 604. The highest BCUT2D eigenvalue weighted by Crippen LogP contribution is 2.08. The van der Waals surface area contributed by atoms with Crippen LogP contribution in [0.15, 0.2) is 35.3 Å². The van der Waals surface area contributed by atoms with E-state index < -0.39 is 5.97 Å². The summed E-state index contributed by atoms with van der Waals surface area (Å²) in [7, 11) is 0. The van der Waals surface area contributed by atoms with Crippen LogP contribution < -0.4 is 5.56 Å². The summed E-state index contributed by atoms with van der Waals surface area (Å²) in [5.74, 6) is -0.851. The third-order valence-corrected chi connectivity index (χ3v) is 2.53. The van der Waals surface area contributed by atoms with Gasteiger partial charge in [-0.3, -0.25) is 14.6 Å². The van der Waals surface area contributed by atoms with Gasteiger partial charge in [-0.05, 0) is 24.6 Å². The molecule has 0 radical (unpaired) electrons. The lowest BCUT2D eigenvalue weighted by molar-refractivity contribution is -0.137. The molecule has 2 aromatic heterocycles. The molecule has 0 unspecified atom stereocenters. The lowest BCUT2D eigenvalue weighted by atomic mass is 10.2. The van der Waals surface area contributed by atoms with E-state index in [0.29, 0.717) is 13.0 Å². The molecule has 2 aromatic rings. The smallest absolute Gasteiger partial charge is 0.303 e. The van der Waals surface area contributed by atoms with Crippen molar-refractivity contribution in [1.82, 2.24) is 9.55 Å². The fourth-order valence-electron chi connectivity index (χ4n) is 1.74. The van der Waals surface area contributed by atoms with Gasteiger partial charge in [0.15, 0.2) is 0 Å². The average Bonchev–Trinajstić information content (AvgIpc) is 2.32. The molecular weight excluding hydrogens is 220 g/mol. The molecule has 0 bridgehead atoms. The first-order chi connectivity index (χ1) is 8.18. The summed E-state index contributed by atoms with van der Waals surface area (Å²) in [4.78, 5) is 26.3. The zero-order valence-electron chi connectivity index (χ0n) is 9.17. The molecule has 0 aliphatic rings. The van der Waals surface area contributed by atoms with Gasteiger partial charge in [0.25, 0.3) is 5.56 Å². The third-order valence-electron chi connectivity index (χ3n) is 2.53. The van der Waals surface area contributed by atoms with E-state index in [1.54, 1.807) is 22.9 Å². The summed E-state index contributed by atoms with van der Waals surface area (Å²) in [6.45, 7) is 0.397. The molecule has 2 heterocycles. The molecule has 0 saturated heterocycles. The topological polar surface area (TPSA) is 72.2 Å². The first-order valence-electron chi connectivity index (χ1n) is 5.35. The number of carboxylic acid groups (broad SMARTS) is 1. The number of pyridine rings is 2.